The van der Waals surface area contributed by atoms with Crippen molar-refractivity contribution in [2.75, 3.05) is 61.0 Å². The van der Waals surface area contributed by atoms with Crippen LogP contribution < -0.4 is 20.0 Å². The Balaban J connectivity index is 0.000000143. The van der Waals surface area contributed by atoms with Gasteiger partial charge in [-0.3, -0.25) is 0 Å². The minimum atomic E-state index is -1.24. The minimum absolute atomic E-state index is 0.108. The number of hydrogen-bond acceptors (Lipinski definition) is 22. The van der Waals surface area contributed by atoms with E-state index < -0.39 is 46.5 Å². The van der Waals surface area contributed by atoms with Crippen LogP contribution in [0.5, 0.6) is 0 Å². The summed E-state index contributed by atoms with van der Waals surface area (Å²) in [7, 11) is 5.32. The van der Waals surface area contributed by atoms with Gasteiger partial charge in [-0.15, -0.1) is 0 Å². The molecule has 10 heterocycles. The van der Waals surface area contributed by atoms with Crippen molar-refractivity contribution < 1.29 is 57.2 Å². The molecule has 0 unspecified atom stereocenters. The highest BCUT2D eigenvalue weighted by Gasteiger charge is 2.25. The number of anilines is 8. The molecule has 0 atom stereocenters. The first-order chi connectivity index (χ1) is 54.9. The summed E-state index contributed by atoms with van der Waals surface area (Å²) < 4.78 is 49.8. The van der Waals surface area contributed by atoms with Crippen molar-refractivity contribution in [3.63, 3.8) is 0 Å². The highest BCUT2D eigenvalue weighted by molar-refractivity contribution is 6.36. The molecule has 0 spiro atoms. The molecular formula is C74H55Cl10F2N19O10. The average Bonchev–Trinajstić information content (AvgIpc) is 1.74. The second-order valence-electron chi connectivity index (χ2n) is 23.4. The van der Waals surface area contributed by atoms with Crippen molar-refractivity contribution in [3.05, 3.63) is 261 Å². The number of esters is 3. The molecule has 10 aromatic heterocycles. The van der Waals surface area contributed by atoms with Gasteiger partial charge in [0.1, 0.15) is 65.7 Å². The molecule has 0 fully saturated rings. The maximum Gasteiger partial charge on any atom is 0.358 e. The Kier molecular flexibility index (Phi) is 27.3. The number of hydrogen-bond donors (Lipinski definition) is 3. The third-order valence-electron chi connectivity index (χ3n) is 15.9. The number of nitrogens with zero attached hydrogens (tertiary/aromatic N) is 18. The molecule has 15 rings (SSSR count). The predicted octanol–water partition coefficient (Wildman–Crippen LogP) is 19.1. The van der Waals surface area contributed by atoms with Crippen LogP contribution in [0.2, 0.25) is 50.9 Å². The summed E-state index contributed by atoms with van der Waals surface area (Å²) >= 11 is 60.3. The van der Waals surface area contributed by atoms with Gasteiger partial charge in [-0.05, 0) is 81.4 Å². The maximum atomic E-state index is 14.0. The number of rotatable bonds is 17. The lowest BCUT2D eigenvalue weighted by molar-refractivity contribution is 0.0509. The Morgan fingerprint density at radius 3 is 1.11 bits per heavy atom. The number of carboxylic acids is 2. The molecule has 0 saturated heterocycles. The SMILES string of the molecule is CCOC(=O)c1cc2nc(Cl)cc(Cl)n2n1.CCOC(=O)c1cc2nc(Cl)cc(N(C)c3ccccc3Cl)n2n1.CCOC(=O)c1cc2nc(Cl)cc(Nc3ccccc3Cl)n2n1.CN(c1ccccc1Cl)c1cc(-c2cc(F)c(Cl)c(F)c2)nc2cc(C(=O)O)nn12.CN(c1ccccc1Cl)c1cc(Cl)nc2cc(C(=O)O)nn12. The Labute approximate surface area is 699 Å². The van der Waals surface area contributed by atoms with Gasteiger partial charge in [0.2, 0.25) is 0 Å². The van der Waals surface area contributed by atoms with Crippen molar-refractivity contribution in [1.29, 1.82) is 0 Å². The van der Waals surface area contributed by atoms with E-state index >= 15 is 0 Å². The van der Waals surface area contributed by atoms with Crippen LogP contribution in [-0.2, 0) is 14.2 Å². The maximum absolute atomic E-state index is 14.0. The number of carboxylic acid groups (broad SMARTS) is 2. The minimum Gasteiger partial charge on any atom is -0.476 e. The van der Waals surface area contributed by atoms with E-state index in [9.17, 15) is 37.9 Å². The number of halogens is 12. The highest BCUT2D eigenvalue weighted by atomic mass is 35.5. The van der Waals surface area contributed by atoms with Gasteiger partial charge < -0.3 is 44.4 Å². The van der Waals surface area contributed by atoms with Crippen LogP contribution in [0.3, 0.4) is 0 Å². The average molecular weight is 1760 g/mol. The number of carbonyl (C=O) groups is 5. The first-order valence-corrected chi connectivity index (χ1v) is 37.1. The Morgan fingerprint density at radius 2 is 0.713 bits per heavy atom. The van der Waals surface area contributed by atoms with E-state index in [1.165, 1.54) is 65.0 Å². The Morgan fingerprint density at radius 1 is 0.391 bits per heavy atom. The zero-order valence-corrected chi connectivity index (χ0v) is 67.6. The quantitative estimate of drug-likeness (QED) is 0.0330. The zero-order valence-electron chi connectivity index (χ0n) is 60.0. The molecule has 0 aliphatic carbocycles. The fraction of sp³-hybridized carbons (Fsp3) is 0.122. The van der Waals surface area contributed by atoms with Gasteiger partial charge in [0.25, 0.3) is 0 Å². The summed E-state index contributed by atoms with van der Waals surface area (Å²) in [6, 6.07) is 46.0. The topological polar surface area (TPSA) is 326 Å². The smallest absolute Gasteiger partial charge is 0.358 e. The Bertz CT molecular complexity index is 6210. The number of ether oxygens (including phenoxy) is 3. The molecule has 0 aliphatic heterocycles. The highest BCUT2D eigenvalue weighted by Crippen LogP contribution is 2.37. The Hall–Kier alpha value is -11.5. The van der Waals surface area contributed by atoms with Gasteiger partial charge in [0.15, 0.2) is 56.7 Å². The van der Waals surface area contributed by atoms with E-state index in [1.54, 1.807) is 105 Å². The van der Waals surface area contributed by atoms with Gasteiger partial charge in [-0.2, -0.15) is 43.6 Å². The van der Waals surface area contributed by atoms with E-state index in [0.717, 1.165) is 23.5 Å². The molecule has 41 heteroatoms. The fourth-order valence-electron chi connectivity index (χ4n) is 10.7. The summed E-state index contributed by atoms with van der Waals surface area (Å²) in [5.41, 5.74) is 5.06. The van der Waals surface area contributed by atoms with Gasteiger partial charge in [0, 0.05) is 87.4 Å². The molecule has 115 heavy (non-hydrogen) atoms. The second-order valence-corrected chi connectivity index (χ2v) is 27.3. The summed E-state index contributed by atoms with van der Waals surface area (Å²) in [5.74, 6) is -3.70. The molecular weight excluding hydrogens is 1710 g/mol. The van der Waals surface area contributed by atoms with Gasteiger partial charge in [-0.1, -0.05) is 165 Å². The molecule has 0 amide bonds. The van der Waals surface area contributed by atoms with Crippen LogP contribution in [0.4, 0.5) is 54.8 Å². The molecule has 0 aliphatic rings. The molecule has 3 N–H and O–H groups in total. The summed E-state index contributed by atoms with van der Waals surface area (Å²) in [4.78, 5) is 83.6. The van der Waals surface area contributed by atoms with Crippen LogP contribution in [0.15, 0.2) is 170 Å². The van der Waals surface area contributed by atoms with Crippen LogP contribution in [0.1, 0.15) is 73.2 Å². The van der Waals surface area contributed by atoms with Crippen molar-refractivity contribution in [3.8, 4) is 11.3 Å². The largest absolute Gasteiger partial charge is 0.476 e. The number of carbonyl (C=O) groups excluding carboxylic acids is 3. The van der Waals surface area contributed by atoms with Gasteiger partial charge in [-0.25, -0.2) is 62.2 Å². The van der Waals surface area contributed by atoms with Crippen molar-refractivity contribution in [2.45, 2.75) is 20.8 Å². The van der Waals surface area contributed by atoms with E-state index in [-0.39, 0.29) is 91.0 Å². The first-order valence-electron chi connectivity index (χ1n) is 33.3. The molecule has 590 valence electrons. The standard InChI is InChI=1S/C20H12Cl2F2N4O2.C16H14Cl2N4O2.C15H12Cl2N4O2.C14H10Cl2N4O2.C9H7Cl2N3O2/c1-27(16-5-3-2-4-11(16)21)18-9-14(10-6-12(23)19(22)13(24)7-10)25-17-8-15(20(29)30)26-28(17)18;1-3-24-16(23)11-8-14-19-13(18)9-15(22(14)20-11)21(2)12-7-5-4-6-10(12)17;1-2-23-15(22)11-7-13-19-12(17)8-14(21(13)20-11)18-10-6-4-3-5-9(10)16;1-19(10-5-3-2-4-8(10)15)13-7-11(16)17-12-6-9(14(21)22)18-20(12)13;1-2-16-9(15)5-3-8-12-6(10)4-7(11)14(8)13-5/h2-9H,1H3,(H,29,30);4-9H,3H2,1-2H3;3-8,18H,2H2,1H3;2-7H,1H3,(H,21,22);3-4H,2H2,1H3. The van der Waals surface area contributed by atoms with E-state index in [2.05, 4.69) is 55.7 Å². The van der Waals surface area contributed by atoms with Crippen LogP contribution >= 0.6 is 116 Å². The number of aromatic nitrogens is 15. The lowest BCUT2D eigenvalue weighted by Crippen LogP contribution is -2.15. The molecule has 0 saturated carbocycles. The lowest BCUT2D eigenvalue weighted by atomic mass is 10.1. The van der Waals surface area contributed by atoms with Crippen LogP contribution in [0.25, 0.3) is 39.5 Å². The number of para-hydroxylation sites is 4. The van der Waals surface area contributed by atoms with E-state index in [0.29, 0.717) is 77.3 Å². The summed E-state index contributed by atoms with van der Waals surface area (Å²) in [5, 5.41) is 44.9. The van der Waals surface area contributed by atoms with Crippen molar-refractivity contribution in [1.82, 2.24) is 73.0 Å². The molecule has 15 aromatic rings. The van der Waals surface area contributed by atoms with E-state index in [4.69, 9.17) is 135 Å². The number of aromatic carboxylic acids is 2. The van der Waals surface area contributed by atoms with Crippen LogP contribution in [0, 0.1) is 11.6 Å². The van der Waals surface area contributed by atoms with Crippen molar-refractivity contribution >= 4 is 220 Å². The lowest BCUT2D eigenvalue weighted by Gasteiger charge is -2.22. The molecule has 0 bridgehead atoms. The summed E-state index contributed by atoms with van der Waals surface area (Å²) in [6.07, 6.45) is 0. The van der Waals surface area contributed by atoms with Gasteiger partial charge in [0.05, 0.1) is 68.4 Å². The number of fused-ring (bicyclic) bond motifs is 5. The predicted molar refractivity (Wildman–Crippen MR) is 435 cm³/mol. The third kappa shape index (κ3) is 19.7. The van der Waals surface area contributed by atoms with Crippen LogP contribution in [-0.4, -0.2) is 154 Å². The fourth-order valence-corrected chi connectivity index (χ4v) is 12.8. The monoisotopic (exact) mass is 1760 g/mol. The van der Waals surface area contributed by atoms with E-state index in [1.807, 2.05) is 66.5 Å². The molecule has 5 aromatic carbocycles. The third-order valence-corrected chi connectivity index (χ3v) is 18.6. The van der Waals surface area contributed by atoms with Crippen molar-refractivity contribution in [2.24, 2.45) is 0 Å². The second kappa shape index (κ2) is 37.2. The molecule has 29 nitrogen and oxygen atoms in total. The zero-order chi connectivity index (χ0) is 82.8. The summed E-state index contributed by atoms with van der Waals surface area (Å²) in [6.45, 7) is 6.01. The number of nitrogens with one attached hydrogen (secondary N) is 1. The van der Waals surface area contributed by atoms with Gasteiger partial charge >= 0.3 is 29.8 Å². The normalized spacial score (nSPS) is 10.9. The number of benzene rings is 5. The first kappa shape index (κ1) is 84.4. The molecule has 0 radical (unpaired) electrons.